The molecule has 0 heterocycles. The quantitative estimate of drug-likeness (QED) is 0.771. The molecule has 0 aliphatic heterocycles. The zero-order chi connectivity index (χ0) is 15.3. The molecule has 3 N–H and O–H groups in total. The number of nitrogens with two attached hydrogens (primary N) is 1. The van der Waals surface area contributed by atoms with Gasteiger partial charge in [-0.05, 0) is 31.4 Å². The summed E-state index contributed by atoms with van der Waals surface area (Å²) < 4.78 is 33.2. The second kappa shape index (κ2) is 6.92. The lowest BCUT2D eigenvalue weighted by molar-refractivity contribution is 0.184. The maximum absolute atomic E-state index is 11.4. The molecule has 6 nitrogen and oxygen atoms in total. The number of methoxy groups -OCH3 is 2. The predicted octanol–water partition coefficient (Wildman–Crippen LogP) is 0.674. The SMILES string of the molecule is COc1ccc(CCC(C(C)O)S(N)(=O)=O)c(OC)c1. The van der Waals surface area contributed by atoms with Crippen molar-refractivity contribution in [3.63, 3.8) is 0 Å². The Morgan fingerprint density at radius 2 is 1.95 bits per heavy atom. The van der Waals surface area contributed by atoms with Crippen molar-refractivity contribution in [1.29, 1.82) is 0 Å². The van der Waals surface area contributed by atoms with Gasteiger partial charge < -0.3 is 14.6 Å². The Labute approximate surface area is 119 Å². The lowest BCUT2D eigenvalue weighted by atomic mass is 10.0. The molecule has 0 amide bonds. The maximum Gasteiger partial charge on any atom is 0.214 e. The first-order chi connectivity index (χ1) is 9.29. The van der Waals surface area contributed by atoms with Gasteiger partial charge in [0.1, 0.15) is 16.7 Å². The molecule has 0 fully saturated rings. The Kier molecular flexibility index (Phi) is 5.79. The van der Waals surface area contributed by atoms with E-state index in [2.05, 4.69) is 0 Å². The van der Waals surface area contributed by atoms with E-state index in [0.717, 1.165) is 5.56 Å². The first-order valence-electron chi connectivity index (χ1n) is 6.20. The number of primary sulfonamides is 1. The molecule has 1 aromatic carbocycles. The van der Waals surface area contributed by atoms with Gasteiger partial charge in [0.25, 0.3) is 0 Å². The van der Waals surface area contributed by atoms with E-state index in [9.17, 15) is 13.5 Å². The minimum absolute atomic E-state index is 0.221. The molecule has 114 valence electrons. The van der Waals surface area contributed by atoms with Crippen LogP contribution in [0.3, 0.4) is 0 Å². The molecule has 1 aromatic rings. The third-order valence-electron chi connectivity index (χ3n) is 3.15. The molecule has 0 radical (unpaired) electrons. The van der Waals surface area contributed by atoms with Crippen molar-refractivity contribution in [2.45, 2.75) is 31.1 Å². The van der Waals surface area contributed by atoms with Crippen LogP contribution < -0.4 is 14.6 Å². The van der Waals surface area contributed by atoms with Crippen molar-refractivity contribution >= 4 is 10.0 Å². The van der Waals surface area contributed by atoms with Gasteiger partial charge in [-0.3, -0.25) is 0 Å². The van der Waals surface area contributed by atoms with Crippen LogP contribution in [0.1, 0.15) is 18.9 Å². The number of benzene rings is 1. The molecule has 2 atom stereocenters. The molecule has 0 bridgehead atoms. The molecule has 0 aromatic heterocycles. The van der Waals surface area contributed by atoms with Crippen molar-refractivity contribution in [2.75, 3.05) is 14.2 Å². The summed E-state index contributed by atoms with van der Waals surface area (Å²) in [6.07, 6.45) is -0.368. The van der Waals surface area contributed by atoms with E-state index >= 15 is 0 Å². The van der Waals surface area contributed by atoms with E-state index in [1.165, 1.54) is 14.0 Å². The highest BCUT2D eigenvalue weighted by atomic mass is 32.2. The van der Waals surface area contributed by atoms with E-state index in [1.54, 1.807) is 25.3 Å². The minimum atomic E-state index is -3.78. The molecule has 0 aliphatic carbocycles. The van der Waals surface area contributed by atoms with Crippen LogP contribution in [0.15, 0.2) is 18.2 Å². The number of aliphatic hydroxyl groups excluding tert-OH is 1. The highest BCUT2D eigenvalue weighted by molar-refractivity contribution is 7.89. The Morgan fingerprint density at radius 3 is 2.40 bits per heavy atom. The van der Waals surface area contributed by atoms with Gasteiger partial charge in [0.2, 0.25) is 10.0 Å². The second-order valence-corrected chi connectivity index (χ2v) is 6.37. The summed E-state index contributed by atoms with van der Waals surface area (Å²) in [5.74, 6) is 1.27. The molecular weight excluding hydrogens is 282 g/mol. The summed E-state index contributed by atoms with van der Waals surface area (Å²) in [6, 6.07) is 5.30. The zero-order valence-electron chi connectivity index (χ0n) is 11.9. The van der Waals surface area contributed by atoms with E-state index in [1.807, 2.05) is 0 Å². The van der Waals surface area contributed by atoms with E-state index < -0.39 is 21.4 Å². The van der Waals surface area contributed by atoms with Crippen LogP contribution in [-0.2, 0) is 16.4 Å². The molecule has 20 heavy (non-hydrogen) atoms. The van der Waals surface area contributed by atoms with E-state index in [0.29, 0.717) is 17.9 Å². The third-order valence-corrected chi connectivity index (χ3v) is 4.63. The molecule has 0 aliphatic rings. The molecule has 1 rings (SSSR count). The van der Waals surface area contributed by atoms with Crippen LogP contribution in [0.2, 0.25) is 0 Å². The number of aryl methyl sites for hydroxylation is 1. The fraction of sp³-hybridized carbons (Fsp3) is 0.538. The second-order valence-electron chi connectivity index (χ2n) is 4.58. The van der Waals surface area contributed by atoms with E-state index in [4.69, 9.17) is 14.6 Å². The molecule has 0 spiro atoms. The average molecular weight is 303 g/mol. The van der Waals surface area contributed by atoms with Gasteiger partial charge in [0.15, 0.2) is 0 Å². The van der Waals surface area contributed by atoms with Crippen LogP contribution >= 0.6 is 0 Å². The zero-order valence-corrected chi connectivity index (χ0v) is 12.7. The van der Waals surface area contributed by atoms with Crippen molar-refractivity contribution in [3.05, 3.63) is 23.8 Å². The lowest BCUT2D eigenvalue weighted by Gasteiger charge is -2.18. The van der Waals surface area contributed by atoms with Gasteiger partial charge >= 0.3 is 0 Å². The standard InChI is InChI=1S/C13H21NO5S/c1-9(15)13(20(14,16)17)7-5-10-4-6-11(18-2)8-12(10)19-3/h4,6,8-9,13,15H,5,7H2,1-3H3,(H2,14,16,17). The normalized spacial score (nSPS) is 14.7. The first kappa shape index (κ1) is 16.7. The van der Waals surface area contributed by atoms with Crippen LogP contribution in [0.4, 0.5) is 0 Å². The van der Waals surface area contributed by atoms with Crippen LogP contribution in [0.5, 0.6) is 11.5 Å². The fourth-order valence-corrected chi connectivity index (χ4v) is 3.03. The number of rotatable bonds is 7. The largest absolute Gasteiger partial charge is 0.497 e. The smallest absolute Gasteiger partial charge is 0.214 e. The third kappa shape index (κ3) is 4.36. The van der Waals surface area contributed by atoms with Crippen molar-refractivity contribution in [3.8, 4) is 11.5 Å². The first-order valence-corrected chi connectivity index (χ1v) is 7.81. The Morgan fingerprint density at radius 1 is 1.30 bits per heavy atom. The van der Waals surface area contributed by atoms with Crippen molar-refractivity contribution in [1.82, 2.24) is 0 Å². The molecule has 0 saturated carbocycles. The van der Waals surface area contributed by atoms with E-state index in [-0.39, 0.29) is 6.42 Å². The lowest BCUT2D eigenvalue weighted by Crippen LogP contribution is -2.37. The monoisotopic (exact) mass is 303 g/mol. The van der Waals surface area contributed by atoms with Crippen molar-refractivity contribution in [2.24, 2.45) is 5.14 Å². The molecule has 7 heteroatoms. The molecule has 2 unspecified atom stereocenters. The molecular formula is C13H21NO5S. The minimum Gasteiger partial charge on any atom is -0.497 e. The Bertz CT molecular complexity index is 542. The molecule has 0 saturated heterocycles. The summed E-state index contributed by atoms with van der Waals surface area (Å²) in [4.78, 5) is 0. The summed E-state index contributed by atoms with van der Waals surface area (Å²) in [5, 5.41) is 13.7. The fourth-order valence-electron chi connectivity index (χ4n) is 2.04. The summed E-state index contributed by atoms with van der Waals surface area (Å²) in [5.41, 5.74) is 0.836. The maximum atomic E-state index is 11.4. The summed E-state index contributed by atoms with van der Waals surface area (Å²) >= 11 is 0. The van der Waals surface area contributed by atoms with Gasteiger partial charge in [-0.2, -0.15) is 0 Å². The number of sulfonamides is 1. The highest BCUT2D eigenvalue weighted by Gasteiger charge is 2.26. The van der Waals surface area contributed by atoms with Crippen LogP contribution in [0.25, 0.3) is 0 Å². The number of ether oxygens (including phenoxy) is 2. The average Bonchev–Trinajstić information content (AvgIpc) is 2.37. The highest BCUT2D eigenvalue weighted by Crippen LogP contribution is 2.26. The summed E-state index contributed by atoms with van der Waals surface area (Å²) in [7, 11) is -0.696. The van der Waals surface area contributed by atoms with Crippen LogP contribution in [-0.4, -0.2) is 39.1 Å². The Hall–Kier alpha value is -1.31. The van der Waals surface area contributed by atoms with Gasteiger partial charge in [-0.15, -0.1) is 0 Å². The number of hydrogen-bond donors (Lipinski definition) is 2. The Balaban J connectivity index is 2.88. The predicted molar refractivity (Wildman–Crippen MR) is 76.4 cm³/mol. The summed E-state index contributed by atoms with van der Waals surface area (Å²) in [6.45, 7) is 1.42. The topological polar surface area (TPSA) is 98.9 Å². The van der Waals surface area contributed by atoms with Gasteiger partial charge in [0.05, 0.1) is 20.3 Å². The number of hydrogen-bond acceptors (Lipinski definition) is 5. The van der Waals surface area contributed by atoms with Gasteiger partial charge in [-0.25, -0.2) is 13.6 Å². The van der Waals surface area contributed by atoms with Gasteiger partial charge in [-0.1, -0.05) is 6.07 Å². The van der Waals surface area contributed by atoms with Crippen molar-refractivity contribution < 1.29 is 23.0 Å². The van der Waals surface area contributed by atoms with Crippen LogP contribution in [0, 0.1) is 0 Å². The number of aliphatic hydroxyl groups is 1. The van der Waals surface area contributed by atoms with Gasteiger partial charge in [0, 0.05) is 6.07 Å².